The normalized spacial score (nSPS) is 19.1. The summed E-state index contributed by atoms with van der Waals surface area (Å²) in [7, 11) is 0. The van der Waals surface area contributed by atoms with Crippen LogP contribution < -0.4 is 0 Å². The lowest BCUT2D eigenvalue weighted by molar-refractivity contribution is -0.137. The van der Waals surface area contributed by atoms with Crippen molar-refractivity contribution in [2.45, 2.75) is 90.2 Å². The van der Waals surface area contributed by atoms with E-state index in [1.165, 1.54) is 0 Å². The van der Waals surface area contributed by atoms with E-state index in [9.17, 15) is 14.7 Å². The number of nitrogens with zero attached hydrogens (tertiary/aromatic N) is 1. The van der Waals surface area contributed by atoms with Gasteiger partial charge in [-0.2, -0.15) is 0 Å². The Kier molecular flexibility index (Phi) is 11.5. The maximum atomic E-state index is 12.1. The summed E-state index contributed by atoms with van der Waals surface area (Å²) >= 11 is 0. The minimum Gasteiger partial charge on any atom is -0.481 e. The van der Waals surface area contributed by atoms with Crippen LogP contribution in [0.3, 0.4) is 0 Å². The third kappa shape index (κ3) is 9.63. The molecule has 0 aromatic rings. The maximum absolute atomic E-state index is 12.1. The molecule has 5 heteroatoms. The predicted octanol–water partition coefficient (Wildman–Crippen LogP) is 3.76. The van der Waals surface area contributed by atoms with Crippen LogP contribution in [0.25, 0.3) is 0 Å². The number of hydrogen-bond donors (Lipinski definition) is 2. The number of carboxylic acid groups (broad SMARTS) is 1. The Labute approximate surface area is 163 Å². The third-order valence-electron chi connectivity index (χ3n) is 4.95. The zero-order valence-electron chi connectivity index (χ0n) is 16.8. The molecular formula is C22H35NO4. The first-order chi connectivity index (χ1) is 13.0. The van der Waals surface area contributed by atoms with E-state index in [4.69, 9.17) is 5.11 Å². The highest BCUT2D eigenvalue weighted by molar-refractivity contribution is 5.79. The standard InChI is InChI=1S/C22H35NO4/c1-3-4-5-8-11-18(2)20(24)15-13-19-14-16-21(25)23(19)17-10-7-6-9-12-22(26)27/h13,15,18-20,24H,3-4,6-7,9-12,14,16-17H2,1-2H3,(H,26,27)/b15-13+/t18-,19+,20-/m1/s1. The largest absolute Gasteiger partial charge is 0.481 e. The number of carboxylic acids is 1. The van der Waals surface area contributed by atoms with Crippen molar-refractivity contribution in [2.75, 3.05) is 6.54 Å². The van der Waals surface area contributed by atoms with Crippen molar-refractivity contribution < 1.29 is 19.8 Å². The minimum absolute atomic E-state index is 0.0598. The van der Waals surface area contributed by atoms with Crippen molar-refractivity contribution in [2.24, 2.45) is 5.92 Å². The van der Waals surface area contributed by atoms with E-state index in [2.05, 4.69) is 18.8 Å². The highest BCUT2D eigenvalue weighted by atomic mass is 16.4. The highest BCUT2D eigenvalue weighted by Gasteiger charge is 2.28. The van der Waals surface area contributed by atoms with Gasteiger partial charge in [-0.1, -0.05) is 38.8 Å². The Balaban J connectivity index is 2.38. The summed E-state index contributed by atoms with van der Waals surface area (Å²) in [6, 6.07) is 0.0598. The van der Waals surface area contributed by atoms with Crippen LogP contribution in [-0.4, -0.2) is 45.7 Å². The molecule has 0 aromatic carbocycles. The SMILES string of the molecule is CCCC#CC[C@@H](C)[C@H](O)/C=C/[C@H]1CCC(=O)N1CCCCCCC(=O)O. The summed E-state index contributed by atoms with van der Waals surface area (Å²) in [5.41, 5.74) is 0. The molecule has 0 saturated carbocycles. The van der Waals surface area contributed by atoms with Gasteiger partial charge in [0.15, 0.2) is 0 Å². The van der Waals surface area contributed by atoms with Gasteiger partial charge in [-0.05, 0) is 31.6 Å². The van der Waals surface area contributed by atoms with Crippen molar-refractivity contribution >= 4 is 11.9 Å². The van der Waals surface area contributed by atoms with Gasteiger partial charge in [0.2, 0.25) is 5.91 Å². The van der Waals surface area contributed by atoms with Crippen LogP contribution in [0.4, 0.5) is 0 Å². The number of carbonyl (C=O) groups is 2. The first-order valence-corrected chi connectivity index (χ1v) is 10.3. The van der Waals surface area contributed by atoms with E-state index < -0.39 is 12.1 Å². The molecule has 1 fully saturated rings. The van der Waals surface area contributed by atoms with E-state index in [1.54, 1.807) is 0 Å². The van der Waals surface area contributed by atoms with Gasteiger partial charge in [0.05, 0.1) is 12.1 Å². The predicted molar refractivity (Wildman–Crippen MR) is 107 cm³/mol. The van der Waals surface area contributed by atoms with Crippen molar-refractivity contribution in [3.8, 4) is 11.8 Å². The molecule has 1 aliphatic rings. The number of carbonyl (C=O) groups excluding carboxylic acids is 1. The Bertz CT molecular complexity index is 546. The first kappa shape index (κ1) is 23.2. The Morgan fingerprint density at radius 1 is 1.30 bits per heavy atom. The second-order valence-electron chi connectivity index (χ2n) is 7.41. The van der Waals surface area contributed by atoms with Crippen LogP contribution in [0.1, 0.15) is 78.1 Å². The van der Waals surface area contributed by atoms with E-state index >= 15 is 0 Å². The number of aliphatic hydroxyl groups is 1. The van der Waals surface area contributed by atoms with Gasteiger partial charge in [0, 0.05) is 32.2 Å². The molecule has 1 heterocycles. The molecule has 3 atom stereocenters. The molecule has 1 rings (SSSR count). The lowest BCUT2D eigenvalue weighted by Crippen LogP contribution is -2.33. The average Bonchev–Trinajstić information content (AvgIpc) is 2.99. The molecule has 0 aliphatic carbocycles. The third-order valence-corrected chi connectivity index (χ3v) is 4.95. The van der Waals surface area contributed by atoms with Gasteiger partial charge >= 0.3 is 5.97 Å². The summed E-state index contributed by atoms with van der Waals surface area (Å²) in [6.45, 7) is 4.79. The Morgan fingerprint density at radius 3 is 2.74 bits per heavy atom. The van der Waals surface area contributed by atoms with Crippen LogP contribution in [-0.2, 0) is 9.59 Å². The quantitative estimate of drug-likeness (QED) is 0.308. The molecule has 0 aromatic heterocycles. The zero-order chi connectivity index (χ0) is 20.1. The van der Waals surface area contributed by atoms with Gasteiger partial charge in [0.1, 0.15) is 0 Å². The summed E-state index contributed by atoms with van der Waals surface area (Å²) in [5, 5.41) is 18.9. The average molecular weight is 378 g/mol. The Morgan fingerprint density at radius 2 is 2.04 bits per heavy atom. The monoisotopic (exact) mass is 377 g/mol. The van der Waals surface area contributed by atoms with Gasteiger partial charge in [-0.15, -0.1) is 11.8 Å². The number of unbranched alkanes of at least 4 members (excludes halogenated alkanes) is 4. The van der Waals surface area contributed by atoms with Crippen LogP contribution in [0.2, 0.25) is 0 Å². The fraction of sp³-hybridized carbons (Fsp3) is 0.727. The number of hydrogen-bond acceptors (Lipinski definition) is 3. The molecular weight excluding hydrogens is 342 g/mol. The van der Waals surface area contributed by atoms with Gasteiger partial charge in [0.25, 0.3) is 0 Å². The van der Waals surface area contributed by atoms with E-state index in [0.29, 0.717) is 25.8 Å². The van der Waals surface area contributed by atoms with E-state index in [1.807, 2.05) is 24.0 Å². The van der Waals surface area contributed by atoms with Gasteiger partial charge in [-0.3, -0.25) is 9.59 Å². The number of amides is 1. The molecule has 1 saturated heterocycles. The Hall–Kier alpha value is -1.80. The lowest BCUT2D eigenvalue weighted by atomic mass is 9.99. The van der Waals surface area contributed by atoms with Crippen molar-refractivity contribution in [3.63, 3.8) is 0 Å². The molecule has 0 unspecified atom stereocenters. The summed E-state index contributed by atoms with van der Waals surface area (Å²) in [5.74, 6) is 5.71. The molecule has 1 aliphatic heterocycles. The van der Waals surface area contributed by atoms with E-state index in [-0.39, 0.29) is 24.3 Å². The fourth-order valence-corrected chi connectivity index (χ4v) is 3.16. The van der Waals surface area contributed by atoms with Gasteiger partial charge in [-0.25, -0.2) is 0 Å². The molecule has 0 bridgehead atoms. The summed E-state index contributed by atoms with van der Waals surface area (Å²) in [4.78, 5) is 24.5. The topological polar surface area (TPSA) is 77.8 Å². The second kappa shape index (κ2) is 13.4. The lowest BCUT2D eigenvalue weighted by Gasteiger charge is -2.23. The maximum Gasteiger partial charge on any atom is 0.303 e. The second-order valence-corrected chi connectivity index (χ2v) is 7.41. The molecule has 1 amide bonds. The number of aliphatic carboxylic acids is 1. The first-order valence-electron chi connectivity index (χ1n) is 10.3. The molecule has 152 valence electrons. The number of aliphatic hydroxyl groups excluding tert-OH is 1. The van der Waals surface area contributed by atoms with Gasteiger partial charge < -0.3 is 15.1 Å². The van der Waals surface area contributed by atoms with Crippen molar-refractivity contribution in [1.82, 2.24) is 4.90 Å². The molecule has 0 spiro atoms. The molecule has 2 N–H and O–H groups in total. The number of likely N-dealkylation sites (tertiary alicyclic amines) is 1. The highest BCUT2D eigenvalue weighted by Crippen LogP contribution is 2.21. The zero-order valence-corrected chi connectivity index (χ0v) is 16.8. The van der Waals surface area contributed by atoms with Crippen LogP contribution in [0, 0.1) is 17.8 Å². The van der Waals surface area contributed by atoms with Crippen LogP contribution in [0.15, 0.2) is 12.2 Å². The van der Waals surface area contributed by atoms with Crippen LogP contribution in [0.5, 0.6) is 0 Å². The smallest absolute Gasteiger partial charge is 0.303 e. The van der Waals surface area contributed by atoms with Crippen molar-refractivity contribution in [3.05, 3.63) is 12.2 Å². The van der Waals surface area contributed by atoms with Crippen LogP contribution >= 0.6 is 0 Å². The fourth-order valence-electron chi connectivity index (χ4n) is 3.16. The summed E-state index contributed by atoms with van der Waals surface area (Å²) < 4.78 is 0. The van der Waals surface area contributed by atoms with Crippen molar-refractivity contribution in [1.29, 1.82) is 0 Å². The molecule has 27 heavy (non-hydrogen) atoms. The number of rotatable bonds is 12. The van der Waals surface area contributed by atoms with E-state index in [0.717, 1.165) is 38.5 Å². The summed E-state index contributed by atoms with van der Waals surface area (Å²) in [6.07, 6.45) is 10.8. The molecule has 5 nitrogen and oxygen atoms in total. The minimum atomic E-state index is -0.751. The molecule has 0 radical (unpaired) electrons.